The van der Waals surface area contributed by atoms with Crippen LogP contribution in [-0.4, -0.2) is 65.0 Å². The summed E-state index contributed by atoms with van der Waals surface area (Å²) in [7, 11) is 0. The summed E-state index contributed by atoms with van der Waals surface area (Å²) in [6, 6.07) is 5.61. The van der Waals surface area contributed by atoms with Crippen molar-refractivity contribution in [2.75, 3.05) is 44.3 Å². The highest BCUT2D eigenvalue weighted by atomic mass is 35.5. The number of fused-ring (bicyclic) bond motifs is 1. The van der Waals surface area contributed by atoms with Gasteiger partial charge in [-0.1, -0.05) is 22.9 Å². The lowest BCUT2D eigenvalue weighted by molar-refractivity contribution is 0.0391. The predicted octanol–water partition coefficient (Wildman–Crippen LogP) is 3.88. The summed E-state index contributed by atoms with van der Waals surface area (Å²) < 4.78 is 8.18. The van der Waals surface area contributed by atoms with Crippen molar-refractivity contribution in [3.8, 4) is 0 Å². The van der Waals surface area contributed by atoms with Gasteiger partial charge in [-0.2, -0.15) is 5.10 Å². The first-order valence-corrected chi connectivity index (χ1v) is 11.0. The highest BCUT2D eigenvalue weighted by Gasteiger charge is 2.25. The highest BCUT2D eigenvalue weighted by molar-refractivity contribution is 7.22. The summed E-state index contributed by atoms with van der Waals surface area (Å²) in [6.45, 7) is 9.12. The Hall–Kier alpha value is -1.71. The number of hydrogen-bond acceptors (Lipinski definition) is 6. The number of anilines is 1. The minimum atomic E-state index is -0.0829. The first-order chi connectivity index (χ1) is 14.1. The molecule has 0 N–H and O–H groups in total. The van der Waals surface area contributed by atoms with Gasteiger partial charge in [-0.3, -0.25) is 19.3 Å². The zero-order chi connectivity index (χ0) is 20.4. The molecule has 0 radical (unpaired) electrons. The molecule has 0 aliphatic carbocycles. The quantitative estimate of drug-likeness (QED) is 0.547. The summed E-state index contributed by atoms with van der Waals surface area (Å²) >= 11 is 7.79. The van der Waals surface area contributed by atoms with Gasteiger partial charge in [0.1, 0.15) is 5.69 Å². The molecule has 1 saturated heterocycles. The van der Waals surface area contributed by atoms with Gasteiger partial charge in [0.15, 0.2) is 5.13 Å². The summed E-state index contributed by atoms with van der Waals surface area (Å²) in [5.74, 6) is -0.0829. The van der Waals surface area contributed by atoms with Gasteiger partial charge in [0, 0.05) is 43.9 Å². The van der Waals surface area contributed by atoms with Crippen LogP contribution >= 0.6 is 35.3 Å². The van der Waals surface area contributed by atoms with Gasteiger partial charge in [-0.05, 0) is 37.6 Å². The van der Waals surface area contributed by atoms with E-state index >= 15 is 0 Å². The number of nitrogens with zero attached hydrogens (tertiary/aromatic N) is 5. The molecule has 30 heavy (non-hydrogen) atoms. The molecule has 162 valence electrons. The highest BCUT2D eigenvalue weighted by Crippen LogP contribution is 2.34. The number of hydrogen-bond donors (Lipinski definition) is 0. The molecule has 1 aromatic carbocycles. The second-order valence-electron chi connectivity index (χ2n) is 6.96. The number of carbonyl (C=O) groups excluding carboxylic acids is 1. The lowest BCUT2D eigenvalue weighted by Gasteiger charge is -2.29. The smallest absolute Gasteiger partial charge is 0.278 e. The standard InChI is InChI=1S/C20H24ClN5O2S.ClH/c1-3-26-16(6-7-22-26)19(27)25(9-8-24-10-12-28-13-11-24)20-23-18-14(2)15(21)4-5-17(18)29-20;/h4-7H,3,8-13H2,1-2H3;1H. The molecule has 3 aromatic rings. The summed E-state index contributed by atoms with van der Waals surface area (Å²) in [6.07, 6.45) is 1.67. The fraction of sp³-hybridized carbons (Fsp3) is 0.450. The zero-order valence-corrected chi connectivity index (χ0v) is 19.4. The Morgan fingerprint density at radius 3 is 2.80 bits per heavy atom. The Bertz CT molecular complexity index is 1020. The van der Waals surface area contributed by atoms with E-state index in [4.69, 9.17) is 21.3 Å². The number of thiazole rings is 1. The van der Waals surface area contributed by atoms with Crippen LogP contribution in [0.2, 0.25) is 5.02 Å². The van der Waals surface area contributed by atoms with Crippen LogP contribution in [0.15, 0.2) is 24.4 Å². The average molecular weight is 470 g/mol. The SMILES string of the molecule is CCn1nccc1C(=O)N(CCN1CCOCC1)c1nc2c(C)c(Cl)ccc2s1.Cl. The largest absolute Gasteiger partial charge is 0.379 e. The Balaban J connectivity index is 0.00000256. The van der Waals surface area contributed by atoms with Gasteiger partial charge in [0.05, 0.1) is 23.4 Å². The number of halogens is 2. The van der Waals surface area contributed by atoms with Crippen molar-refractivity contribution in [2.45, 2.75) is 20.4 Å². The van der Waals surface area contributed by atoms with E-state index < -0.39 is 0 Å². The number of aryl methyl sites for hydroxylation is 2. The molecule has 3 heterocycles. The van der Waals surface area contributed by atoms with Crippen LogP contribution < -0.4 is 4.90 Å². The minimum absolute atomic E-state index is 0. The maximum Gasteiger partial charge on any atom is 0.278 e. The van der Waals surface area contributed by atoms with Crippen LogP contribution in [0.1, 0.15) is 23.0 Å². The van der Waals surface area contributed by atoms with E-state index in [9.17, 15) is 4.79 Å². The lowest BCUT2D eigenvalue weighted by Crippen LogP contribution is -2.43. The summed E-state index contributed by atoms with van der Waals surface area (Å²) in [5, 5.41) is 5.63. The fourth-order valence-corrected chi connectivity index (χ4v) is 4.66. The van der Waals surface area contributed by atoms with Crippen molar-refractivity contribution >= 4 is 56.6 Å². The normalized spacial score (nSPS) is 14.6. The molecule has 7 nitrogen and oxygen atoms in total. The number of benzene rings is 1. The first kappa shape index (κ1) is 23.0. The third-order valence-corrected chi connectivity index (χ3v) is 6.64. The van der Waals surface area contributed by atoms with Gasteiger partial charge in [-0.15, -0.1) is 12.4 Å². The predicted molar refractivity (Wildman–Crippen MR) is 123 cm³/mol. The Morgan fingerprint density at radius 2 is 2.07 bits per heavy atom. The zero-order valence-electron chi connectivity index (χ0n) is 17.0. The molecular formula is C20H25Cl2N5O2S. The monoisotopic (exact) mass is 469 g/mol. The van der Waals surface area contributed by atoms with Crippen LogP contribution in [0.25, 0.3) is 10.2 Å². The molecule has 1 aliphatic heterocycles. The molecule has 0 unspecified atom stereocenters. The molecule has 0 saturated carbocycles. The average Bonchev–Trinajstić information content (AvgIpc) is 3.39. The molecule has 1 aliphatic rings. The van der Waals surface area contributed by atoms with Gasteiger partial charge in [-0.25, -0.2) is 4.98 Å². The number of morpholine rings is 1. The Labute approximate surface area is 191 Å². The maximum atomic E-state index is 13.5. The van der Waals surface area contributed by atoms with Crippen molar-refractivity contribution in [2.24, 2.45) is 0 Å². The van der Waals surface area contributed by atoms with Crippen LogP contribution in [0, 0.1) is 6.92 Å². The fourth-order valence-electron chi connectivity index (χ4n) is 3.46. The second kappa shape index (κ2) is 10.1. The van der Waals surface area contributed by atoms with Gasteiger partial charge >= 0.3 is 0 Å². The first-order valence-electron chi connectivity index (χ1n) is 9.78. The van der Waals surface area contributed by atoms with Crippen molar-refractivity contribution in [1.82, 2.24) is 19.7 Å². The summed E-state index contributed by atoms with van der Waals surface area (Å²) in [5.41, 5.74) is 2.36. The Kier molecular flexibility index (Phi) is 7.70. The Morgan fingerprint density at radius 1 is 1.30 bits per heavy atom. The molecule has 0 spiro atoms. The minimum Gasteiger partial charge on any atom is -0.379 e. The van der Waals surface area contributed by atoms with Crippen molar-refractivity contribution in [3.05, 3.63) is 40.7 Å². The molecule has 0 bridgehead atoms. The van der Waals surface area contributed by atoms with Crippen LogP contribution in [-0.2, 0) is 11.3 Å². The maximum absolute atomic E-state index is 13.5. The third-order valence-electron chi connectivity index (χ3n) is 5.19. The number of carbonyl (C=O) groups is 1. The van der Waals surface area contributed by atoms with Gasteiger partial charge < -0.3 is 4.74 Å². The lowest BCUT2D eigenvalue weighted by atomic mass is 10.2. The van der Waals surface area contributed by atoms with Crippen LogP contribution in [0.4, 0.5) is 5.13 Å². The van der Waals surface area contributed by atoms with E-state index in [2.05, 4.69) is 10.00 Å². The van der Waals surface area contributed by atoms with Crippen molar-refractivity contribution < 1.29 is 9.53 Å². The molecular weight excluding hydrogens is 445 g/mol. The van der Waals surface area contributed by atoms with E-state index in [-0.39, 0.29) is 18.3 Å². The molecule has 2 aromatic heterocycles. The third kappa shape index (κ3) is 4.63. The van der Waals surface area contributed by atoms with Gasteiger partial charge in [0.25, 0.3) is 5.91 Å². The van der Waals surface area contributed by atoms with Gasteiger partial charge in [0.2, 0.25) is 0 Å². The molecule has 1 amide bonds. The number of rotatable bonds is 6. The topological polar surface area (TPSA) is 63.5 Å². The molecule has 1 fully saturated rings. The van der Waals surface area contributed by atoms with E-state index in [0.29, 0.717) is 28.9 Å². The summed E-state index contributed by atoms with van der Waals surface area (Å²) in [4.78, 5) is 22.3. The number of ether oxygens (including phenoxy) is 1. The molecule has 10 heteroatoms. The number of amides is 1. The van der Waals surface area contributed by atoms with Crippen molar-refractivity contribution in [3.63, 3.8) is 0 Å². The molecule has 0 atom stereocenters. The number of aromatic nitrogens is 3. The second-order valence-corrected chi connectivity index (χ2v) is 8.37. The van der Waals surface area contributed by atoms with E-state index in [1.54, 1.807) is 21.8 Å². The van der Waals surface area contributed by atoms with Crippen molar-refractivity contribution in [1.29, 1.82) is 0 Å². The van der Waals surface area contributed by atoms with Crippen LogP contribution in [0.3, 0.4) is 0 Å². The molecule has 4 rings (SSSR count). The van der Waals surface area contributed by atoms with Crippen LogP contribution in [0.5, 0.6) is 0 Å². The van der Waals surface area contributed by atoms with E-state index in [1.165, 1.54) is 11.3 Å². The van der Waals surface area contributed by atoms with E-state index in [1.807, 2.05) is 26.0 Å². The van der Waals surface area contributed by atoms with E-state index in [0.717, 1.165) is 48.6 Å².